The van der Waals surface area contributed by atoms with Crippen LogP contribution in [0.15, 0.2) is 60.7 Å². The molecule has 1 atom stereocenters. The van der Waals surface area contributed by atoms with Crippen molar-refractivity contribution in [2.75, 3.05) is 13.1 Å². The van der Waals surface area contributed by atoms with Crippen molar-refractivity contribution in [3.8, 4) is 0 Å². The molecule has 2 aromatic rings. The molecule has 0 aromatic heterocycles. The number of likely N-dealkylation sites (tertiary alicyclic amines) is 1. The molecule has 0 spiro atoms. The molecule has 1 heterocycles. The third-order valence-electron chi connectivity index (χ3n) is 4.84. The van der Waals surface area contributed by atoms with Crippen LogP contribution in [-0.2, 0) is 10.4 Å². The van der Waals surface area contributed by atoms with Crippen LogP contribution in [0.5, 0.6) is 0 Å². The predicted octanol–water partition coefficient (Wildman–Crippen LogP) is 3.18. The van der Waals surface area contributed by atoms with Gasteiger partial charge >= 0.3 is 0 Å². The Morgan fingerprint density at radius 2 is 1.39 bits per heavy atom. The van der Waals surface area contributed by atoms with Crippen molar-refractivity contribution in [3.63, 3.8) is 0 Å². The molecule has 1 fully saturated rings. The van der Waals surface area contributed by atoms with Crippen LogP contribution in [0.25, 0.3) is 0 Å². The second-order valence-corrected chi connectivity index (χ2v) is 6.25. The monoisotopic (exact) mass is 309 g/mol. The summed E-state index contributed by atoms with van der Waals surface area (Å²) in [6.07, 6.45) is 2.10. The normalized spacial score (nSPS) is 16.3. The highest BCUT2D eigenvalue weighted by molar-refractivity contribution is 5.81. The summed E-state index contributed by atoms with van der Waals surface area (Å²) < 4.78 is 0. The maximum Gasteiger partial charge on any atom is 0.229 e. The van der Waals surface area contributed by atoms with Gasteiger partial charge in [-0.1, -0.05) is 67.6 Å². The highest BCUT2D eigenvalue weighted by Crippen LogP contribution is 2.38. The Balaban J connectivity index is 2.03. The number of amides is 1. The molecule has 3 heteroatoms. The third kappa shape index (κ3) is 2.89. The van der Waals surface area contributed by atoms with Crippen LogP contribution in [0, 0.1) is 5.92 Å². The van der Waals surface area contributed by atoms with Crippen LogP contribution >= 0.6 is 0 Å². The van der Waals surface area contributed by atoms with Gasteiger partial charge in [0.1, 0.15) is 5.60 Å². The van der Waals surface area contributed by atoms with Gasteiger partial charge < -0.3 is 10.0 Å². The van der Waals surface area contributed by atoms with Crippen LogP contribution in [-0.4, -0.2) is 29.0 Å². The van der Waals surface area contributed by atoms with Crippen molar-refractivity contribution >= 4 is 5.91 Å². The van der Waals surface area contributed by atoms with Gasteiger partial charge in [-0.3, -0.25) is 4.79 Å². The average molecular weight is 309 g/mol. The second-order valence-electron chi connectivity index (χ2n) is 6.25. The van der Waals surface area contributed by atoms with Gasteiger partial charge in [0.25, 0.3) is 0 Å². The summed E-state index contributed by atoms with van der Waals surface area (Å²) in [7, 11) is 0. The average Bonchev–Trinajstić information content (AvgIpc) is 3.16. The van der Waals surface area contributed by atoms with Gasteiger partial charge in [-0.2, -0.15) is 0 Å². The number of nitrogens with zero attached hydrogens (tertiary/aromatic N) is 1. The Morgan fingerprint density at radius 1 is 0.957 bits per heavy atom. The van der Waals surface area contributed by atoms with E-state index in [1.165, 1.54) is 0 Å². The highest BCUT2D eigenvalue weighted by Gasteiger charge is 2.43. The summed E-state index contributed by atoms with van der Waals surface area (Å²) in [5, 5.41) is 11.6. The van der Waals surface area contributed by atoms with Crippen LogP contribution in [0.4, 0.5) is 0 Å². The molecular formula is C20H23NO2. The lowest BCUT2D eigenvalue weighted by Crippen LogP contribution is -2.45. The van der Waals surface area contributed by atoms with E-state index in [-0.39, 0.29) is 5.91 Å². The molecule has 1 saturated heterocycles. The molecule has 120 valence electrons. The highest BCUT2D eigenvalue weighted by atomic mass is 16.3. The van der Waals surface area contributed by atoms with E-state index in [0.29, 0.717) is 0 Å². The van der Waals surface area contributed by atoms with E-state index in [0.717, 1.165) is 37.1 Å². The maximum atomic E-state index is 12.9. The lowest BCUT2D eigenvalue weighted by atomic mass is 9.76. The Bertz CT molecular complexity index is 608. The Morgan fingerprint density at radius 3 is 1.83 bits per heavy atom. The van der Waals surface area contributed by atoms with E-state index in [9.17, 15) is 9.90 Å². The van der Waals surface area contributed by atoms with E-state index in [4.69, 9.17) is 0 Å². The smallest absolute Gasteiger partial charge is 0.229 e. The van der Waals surface area contributed by atoms with Gasteiger partial charge in [-0.05, 0) is 24.0 Å². The number of hydrogen-bond acceptors (Lipinski definition) is 2. The van der Waals surface area contributed by atoms with Crippen LogP contribution in [0.3, 0.4) is 0 Å². The van der Waals surface area contributed by atoms with Crippen molar-refractivity contribution in [1.29, 1.82) is 0 Å². The van der Waals surface area contributed by atoms with E-state index in [2.05, 4.69) is 0 Å². The number of benzene rings is 2. The SMILES string of the molecule is C[C@@H](C(=O)N1CCCC1)C(O)(c1ccccc1)c1ccccc1. The fraction of sp³-hybridized carbons (Fsp3) is 0.350. The van der Waals surface area contributed by atoms with Gasteiger partial charge in [-0.25, -0.2) is 0 Å². The zero-order chi connectivity index (χ0) is 16.3. The minimum absolute atomic E-state index is 0.0257. The molecule has 1 amide bonds. The molecule has 1 N–H and O–H groups in total. The summed E-state index contributed by atoms with van der Waals surface area (Å²) in [5.74, 6) is -0.511. The summed E-state index contributed by atoms with van der Waals surface area (Å²) in [5.41, 5.74) is 0.194. The first-order valence-corrected chi connectivity index (χ1v) is 8.26. The number of carbonyl (C=O) groups is 1. The predicted molar refractivity (Wildman–Crippen MR) is 90.9 cm³/mol. The summed E-state index contributed by atoms with van der Waals surface area (Å²) >= 11 is 0. The van der Waals surface area contributed by atoms with Gasteiger partial charge in [0, 0.05) is 13.1 Å². The van der Waals surface area contributed by atoms with Gasteiger partial charge in [0.2, 0.25) is 5.91 Å². The molecule has 3 rings (SSSR count). The van der Waals surface area contributed by atoms with Gasteiger partial charge in [0.15, 0.2) is 0 Å². The maximum absolute atomic E-state index is 12.9. The molecule has 1 aliphatic heterocycles. The molecule has 23 heavy (non-hydrogen) atoms. The van der Waals surface area contributed by atoms with Gasteiger partial charge in [0.05, 0.1) is 5.92 Å². The fourth-order valence-corrected chi connectivity index (χ4v) is 3.44. The van der Waals surface area contributed by atoms with Crippen molar-refractivity contribution in [3.05, 3.63) is 71.8 Å². The number of rotatable bonds is 4. The lowest BCUT2D eigenvalue weighted by molar-refractivity contribution is -0.141. The molecule has 1 aliphatic rings. The van der Waals surface area contributed by atoms with Crippen LogP contribution in [0.2, 0.25) is 0 Å². The molecule has 0 unspecified atom stereocenters. The molecule has 0 bridgehead atoms. The first-order valence-electron chi connectivity index (χ1n) is 8.26. The zero-order valence-corrected chi connectivity index (χ0v) is 13.5. The first-order chi connectivity index (χ1) is 11.1. The number of carbonyl (C=O) groups excluding carboxylic acids is 1. The van der Waals surface area contributed by atoms with E-state index < -0.39 is 11.5 Å². The van der Waals surface area contributed by atoms with E-state index in [1.807, 2.05) is 72.5 Å². The molecular weight excluding hydrogens is 286 g/mol. The van der Waals surface area contributed by atoms with Crippen molar-refractivity contribution in [2.24, 2.45) is 5.92 Å². The number of aliphatic hydroxyl groups is 1. The molecule has 3 nitrogen and oxygen atoms in total. The summed E-state index contributed by atoms with van der Waals surface area (Å²) in [6, 6.07) is 19.0. The topological polar surface area (TPSA) is 40.5 Å². The van der Waals surface area contributed by atoms with E-state index in [1.54, 1.807) is 0 Å². The lowest BCUT2D eigenvalue weighted by Gasteiger charge is -2.36. The second kappa shape index (κ2) is 6.55. The molecule has 0 aliphatic carbocycles. The van der Waals surface area contributed by atoms with E-state index >= 15 is 0 Å². The first kappa shape index (κ1) is 15.8. The zero-order valence-electron chi connectivity index (χ0n) is 13.5. The standard InChI is InChI=1S/C20H23NO2/c1-16(19(22)21-14-8-9-15-21)20(23,17-10-4-2-5-11-17)18-12-6-3-7-13-18/h2-7,10-13,16,23H,8-9,14-15H2,1H3/t16-/m0/s1. The quantitative estimate of drug-likeness (QED) is 0.942. The van der Waals surface area contributed by atoms with Crippen molar-refractivity contribution in [1.82, 2.24) is 4.90 Å². The third-order valence-corrected chi connectivity index (χ3v) is 4.84. The Labute approximate surface area is 137 Å². The number of hydrogen-bond donors (Lipinski definition) is 1. The van der Waals surface area contributed by atoms with Crippen molar-refractivity contribution in [2.45, 2.75) is 25.4 Å². The van der Waals surface area contributed by atoms with Crippen molar-refractivity contribution < 1.29 is 9.90 Å². The largest absolute Gasteiger partial charge is 0.380 e. The Kier molecular flexibility index (Phi) is 4.49. The molecule has 0 radical (unpaired) electrons. The van der Waals surface area contributed by atoms with Gasteiger partial charge in [-0.15, -0.1) is 0 Å². The summed E-state index contributed by atoms with van der Waals surface area (Å²) in [4.78, 5) is 14.8. The fourth-order valence-electron chi connectivity index (χ4n) is 3.44. The minimum Gasteiger partial charge on any atom is -0.380 e. The minimum atomic E-state index is -1.32. The molecule has 2 aromatic carbocycles. The molecule has 0 saturated carbocycles. The summed E-state index contributed by atoms with van der Waals surface area (Å²) in [6.45, 7) is 3.42. The van der Waals surface area contributed by atoms with Crippen LogP contribution in [0.1, 0.15) is 30.9 Å². The Hall–Kier alpha value is -2.13. The van der Waals surface area contributed by atoms with Crippen LogP contribution < -0.4 is 0 Å².